The van der Waals surface area contributed by atoms with Gasteiger partial charge in [0.15, 0.2) is 0 Å². The maximum Gasteiger partial charge on any atom is 0.228 e. The molecule has 0 aliphatic carbocycles. The Morgan fingerprint density at radius 1 is 1.32 bits per heavy atom. The van der Waals surface area contributed by atoms with Gasteiger partial charge in [0.2, 0.25) is 5.91 Å². The number of likely N-dealkylation sites (tertiary alicyclic amines) is 2. The molecule has 0 bridgehead atoms. The first kappa shape index (κ1) is 14.2. The maximum atomic E-state index is 12.7. The third kappa shape index (κ3) is 2.44. The summed E-state index contributed by atoms with van der Waals surface area (Å²) in [7, 11) is 1.95. The molecule has 3 fully saturated rings. The van der Waals surface area contributed by atoms with E-state index < -0.39 is 0 Å². The first-order valence-corrected chi connectivity index (χ1v) is 8.32. The molecule has 3 atom stereocenters. The summed E-state index contributed by atoms with van der Waals surface area (Å²) in [5.74, 6) is 0.430. The number of aromatic nitrogens is 2. The lowest BCUT2D eigenvalue weighted by atomic mass is 10.1. The number of fused-ring (bicyclic) bond motifs is 1. The highest BCUT2D eigenvalue weighted by Crippen LogP contribution is 2.34. The monoisotopic (exact) mass is 304 g/mol. The fourth-order valence-electron chi connectivity index (χ4n) is 4.30. The van der Waals surface area contributed by atoms with E-state index in [1.54, 1.807) is 0 Å². The van der Waals surface area contributed by atoms with Crippen LogP contribution in [0, 0.1) is 5.92 Å². The lowest BCUT2D eigenvalue weighted by molar-refractivity contribution is -0.136. The fraction of sp³-hybridized carbons (Fsp3) is 0.750. The van der Waals surface area contributed by atoms with Crippen LogP contribution in [0.25, 0.3) is 0 Å². The molecule has 3 aliphatic rings. The van der Waals surface area contributed by atoms with Crippen LogP contribution in [0.5, 0.6) is 0 Å². The largest absolute Gasteiger partial charge is 0.381 e. The quantitative estimate of drug-likeness (QED) is 0.822. The van der Waals surface area contributed by atoms with E-state index >= 15 is 0 Å². The predicted octanol–water partition coefficient (Wildman–Crippen LogP) is 0.632. The van der Waals surface area contributed by atoms with Gasteiger partial charge in [-0.1, -0.05) is 0 Å². The van der Waals surface area contributed by atoms with E-state index in [-0.39, 0.29) is 5.92 Å². The number of nitrogens with zero attached hydrogens (tertiary/aromatic N) is 4. The summed E-state index contributed by atoms with van der Waals surface area (Å²) in [5, 5.41) is 4.25. The van der Waals surface area contributed by atoms with Gasteiger partial charge in [-0.15, -0.1) is 0 Å². The molecule has 4 rings (SSSR count). The van der Waals surface area contributed by atoms with Crippen molar-refractivity contribution in [1.29, 1.82) is 0 Å². The molecule has 0 aromatic carbocycles. The topological polar surface area (TPSA) is 50.6 Å². The Hall–Kier alpha value is -1.40. The van der Waals surface area contributed by atoms with Crippen LogP contribution in [-0.4, -0.2) is 63.9 Å². The van der Waals surface area contributed by atoms with Gasteiger partial charge in [0.05, 0.1) is 18.7 Å². The Kier molecular flexibility index (Phi) is 3.66. The van der Waals surface area contributed by atoms with Crippen LogP contribution in [-0.2, 0) is 23.1 Å². The molecule has 1 aromatic rings. The zero-order chi connectivity index (χ0) is 15.1. The maximum absolute atomic E-state index is 12.7. The van der Waals surface area contributed by atoms with Gasteiger partial charge < -0.3 is 9.64 Å². The first-order chi connectivity index (χ1) is 10.7. The van der Waals surface area contributed by atoms with Crippen molar-refractivity contribution in [1.82, 2.24) is 19.6 Å². The van der Waals surface area contributed by atoms with Gasteiger partial charge in [0.25, 0.3) is 0 Å². The van der Waals surface area contributed by atoms with Crippen LogP contribution in [0.15, 0.2) is 12.4 Å². The molecule has 0 N–H and O–H groups in total. The summed E-state index contributed by atoms with van der Waals surface area (Å²) >= 11 is 0. The number of amides is 1. The summed E-state index contributed by atoms with van der Waals surface area (Å²) < 4.78 is 7.24. The van der Waals surface area contributed by atoms with E-state index in [4.69, 9.17) is 4.74 Å². The van der Waals surface area contributed by atoms with Crippen molar-refractivity contribution >= 4 is 5.91 Å². The zero-order valence-corrected chi connectivity index (χ0v) is 13.1. The van der Waals surface area contributed by atoms with Gasteiger partial charge in [-0.2, -0.15) is 5.10 Å². The molecule has 0 saturated carbocycles. The van der Waals surface area contributed by atoms with E-state index in [0.717, 1.165) is 45.5 Å². The van der Waals surface area contributed by atoms with Crippen molar-refractivity contribution in [2.75, 3.05) is 26.3 Å². The van der Waals surface area contributed by atoms with Crippen LogP contribution < -0.4 is 0 Å². The van der Waals surface area contributed by atoms with Gasteiger partial charge in [0.1, 0.15) is 0 Å². The van der Waals surface area contributed by atoms with Crippen LogP contribution in [0.3, 0.4) is 0 Å². The van der Waals surface area contributed by atoms with Crippen molar-refractivity contribution in [3.8, 4) is 0 Å². The third-order valence-corrected chi connectivity index (χ3v) is 5.40. The van der Waals surface area contributed by atoms with Crippen LogP contribution >= 0.6 is 0 Å². The van der Waals surface area contributed by atoms with E-state index in [0.29, 0.717) is 24.6 Å². The van der Waals surface area contributed by atoms with Gasteiger partial charge in [-0.3, -0.25) is 14.4 Å². The minimum atomic E-state index is 0.103. The first-order valence-electron chi connectivity index (χ1n) is 8.32. The average molecular weight is 304 g/mol. The van der Waals surface area contributed by atoms with Gasteiger partial charge in [-0.05, 0) is 19.3 Å². The molecule has 1 amide bonds. The van der Waals surface area contributed by atoms with Crippen molar-refractivity contribution in [2.45, 2.75) is 37.9 Å². The molecule has 3 saturated heterocycles. The summed E-state index contributed by atoms with van der Waals surface area (Å²) in [6, 6.07) is 0.927. The molecule has 4 heterocycles. The number of carbonyl (C=O) groups is 1. The molecular weight excluding hydrogens is 280 g/mol. The van der Waals surface area contributed by atoms with E-state index in [9.17, 15) is 4.79 Å². The molecule has 22 heavy (non-hydrogen) atoms. The lowest BCUT2D eigenvalue weighted by Crippen LogP contribution is -2.42. The molecule has 6 heteroatoms. The van der Waals surface area contributed by atoms with Crippen LogP contribution in [0.4, 0.5) is 0 Å². The van der Waals surface area contributed by atoms with Crippen molar-refractivity contribution in [2.24, 2.45) is 13.0 Å². The average Bonchev–Trinajstić information content (AvgIpc) is 3.24. The van der Waals surface area contributed by atoms with E-state index in [1.165, 1.54) is 5.56 Å². The molecule has 3 aliphatic heterocycles. The fourth-order valence-corrected chi connectivity index (χ4v) is 4.30. The van der Waals surface area contributed by atoms with Gasteiger partial charge >= 0.3 is 0 Å². The normalized spacial score (nSPS) is 31.9. The smallest absolute Gasteiger partial charge is 0.228 e. The lowest BCUT2D eigenvalue weighted by Gasteiger charge is -2.27. The summed E-state index contributed by atoms with van der Waals surface area (Å²) in [4.78, 5) is 17.3. The molecule has 6 nitrogen and oxygen atoms in total. The van der Waals surface area contributed by atoms with Crippen molar-refractivity contribution < 1.29 is 9.53 Å². The highest BCUT2D eigenvalue weighted by Gasteiger charge is 2.45. The highest BCUT2D eigenvalue weighted by molar-refractivity contribution is 5.80. The van der Waals surface area contributed by atoms with Gasteiger partial charge in [0, 0.05) is 57.1 Å². The standard InChI is InChI=1S/C16H24N4O2/c1-18-9-12(8-17-18)10-19-5-2-15-14(19)3-6-20(15)16(21)13-4-7-22-11-13/h8-9,13-15H,2-7,10-11H2,1H3/t13-,14-,15+/m0/s1. The number of hydrogen-bond acceptors (Lipinski definition) is 4. The number of rotatable bonds is 3. The number of ether oxygens (including phenoxy) is 1. The SMILES string of the molecule is Cn1cc(CN2CC[C@@H]3[C@@H]2CCN3C(=O)[C@H]2CCOC2)cn1. The van der Waals surface area contributed by atoms with E-state index in [2.05, 4.69) is 21.1 Å². The van der Waals surface area contributed by atoms with Crippen molar-refractivity contribution in [3.05, 3.63) is 18.0 Å². The van der Waals surface area contributed by atoms with Crippen molar-refractivity contribution in [3.63, 3.8) is 0 Å². The van der Waals surface area contributed by atoms with Crippen LogP contribution in [0.1, 0.15) is 24.8 Å². The second kappa shape index (κ2) is 5.66. The molecular formula is C16H24N4O2. The molecule has 0 radical (unpaired) electrons. The minimum absolute atomic E-state index is 0.103. The number of aryl methyl sites for hydroxylation is 1. The van der Waals surface area contributed by atoms with Crippen LogP contribution in [0.2, 0.25) is 0 Å². The molecule has 0 unspecified atom stereocenters. The Balaban J connectivity index is 1.41. The zero-order valence-electron chi connectivity index (χ0n) is 13.1. The summed E-state index contributed by atoms with van der Waals surface area (Å²) in [6.45, 7) is 4.30. The highest BCUT2D eigenvalue weighted by atomic mass is 16.5. The predicted molar refractivity (Wildman–Crippen MR) is 81.1 cm³/mol. The number of carbonyl (C=O) groups excluding carboxylic acids is 1. The molecule has 1 aromatic heterocycles. The third-order valence-electron chi connectivity index (χ3n) is 5.40. The Morgan fingerprint density at radius 2 is 2.18 bits per heavy atom. The Morgan fingerprint density at radius 3 is 2.91 bits per heavy atom. The second-order valence-corrected chi connectivity index (χ2v) is 6.80. The second-order valence-electron chi connectivity index (χ2n) is 6.80. The molecule has 0 spiro atoms. The Bertz CT molecular complexity index is 552. The minimum Gasteiger partial charge on any atom is -0.381 e. The van der Waals surface area contributed by atoms with Gasteiger partial charge in [-0.25, -0.2) is 0 Å². The van der Waals surface area contributed by atoms with E-state index in [1.807, 2.05) is 17.9 Å². The molecule has 120 valence electrons. The number of hydrogen-bond donors (Lipinski definition) is 0. The summed E-state index contributed by atoms with van der Waals surface area (Å²) in [6.07, 6.45) is 7.13. The Labute approximate surface area is 131 Å². The summed E-state index contributed by atoms with van der Waals surface area (Å²) in [5.41, 5.74) is 1.26.